The number of nitriles is 1. The highest BCUT2D eigenvalue weighted by Gasteiger charge is 2.11. The van der Waals surface area contributed by atoms with Gasteiger partial charge in [0.05, 0.1) is 34.1 Å². The molecule has 1 unspecified atom stereocenters. The quantitative estimate of drug-likeness (QED) is 0.869. The third-order valence-corrected chi connectivity index (χ3v) is 4.18. The van der Waals surface area contributed by atoms with Crippen LogP contribution in [0.25, 0.3) is 0 Å². The fourth-order valence-electron chi connectivity index (χ4n) is 1.78. The normalized spacial score (nSPS) is 11.7. The summed E-state index contributed by atoms with van der Waals surface area (Å²) in [6, 6.07) is 13.0. The first-order valence-electron chi connectivity index (χ1n) is 5.85. The van der Waals surface area contributed by atoms with E-state index in [1.54, 1.807) is 30.3 Å². The average Bonchev–Trinajstić information content (AvgIpc) is 2.47. The molecule has 0 spiro atoms. The third kappa shape index (κ3) is 3.03. The Balaban J connectivity index is 2.25. The van der Waals surface area contributed by atoms with E-state index in [4.69, 9.17) is 10.00 Å². The van der Waals surface area contributed by atoms with E-state index in [1.165, 1.54) is 19.2 Å². The van der Waals surface area contributed by atoms with E-state index in [2.05, 4.69) is 0 Å². The van der Waals surface area contributed by atoms with Gasteiger partial charge in [0.25, 0.3) is 0 Å². The fourth-order valence-corrected chi connectivity index (χ4v) is 2.93. The summed E-state index contributed by atoms with van der Waals surface area (Å²) in [6.07, 6.45) is 0. The molecule has 3 nitrogen and oxygen atoms in total. The van der Waals surface area contributed by atoms with Crippen LogP contribution < -0.4 is 4.74 Å². The Bertz CT molecular complexity index is 695. The molecule has 2 aromatic carbocycles. The molecule has 0 heterocycles. The lowest BCUT2D eigenvalue weighted by Gasteiger charge is -2.07. The molecule has 0 saturated carbocycles. The van der Waals surface area contributed by atoms with E-state index in [0.717, 1.165) is 5.56 Å². The second-order valence-electron chi connectivity index (χ2n) is 4.07. The van der Waals surface area contributed by atoms with Crippen molar-refractivity contribution in [3.05, 3.63) is 59.4 Å². The maximum atomic E-state index is 13.5. The Morgan fingerprint density at radius 2 is 2.05 bits per heavy atom. The Kier molecular flexibility index (Phi) is 4.49. The van der Waals surface area contributed by atoms with Crippen molar-refractivity contribution in [1.82, 2.24) is 0 Å². The van der Waals surface area contributed by atoms with Crippen LogP contribution in [0.15, 0.2) is 47.4 Å². The number of methoxy groups -OCH3 is 1. The Labute approximate surface area is 119 Å². The molecule has 0 bridgehead atoms. The molecule has 0 radical (unpaired) electrons. The summed E-state index contributed by atoms with van der Waals surface area (Å²) < 4.78 is 30.8. The zero-order chi connectivity index (χ0) is 14.5. The zero-order valence-corrected chi connectivity index (χ0v) is 11.6. The van der Waals surface area contributed by atoms with Crippen molar-refractivity contribution in [3.8, 4) is 11.8 Å². The van der Waals surface area contributed by atoms with E-state index in [1.807, 2.05) is 6.07 Å². The highest BCUT2D eigenvalue weighted by atomic mass is 32.2. The third-order valence-electron chi connectivity index (χ3n) is 2.77. The van der Waals surface area contributed by atoms with Gasteiger partial charge in [0.1, 0.15) is 17.6 Å². The predicted octanol–water partition coefficient (Wildman–Crippen LogP) is 3.01. The minimum absolute atomic E-state index is 0.170. The molecule has 0 aliphatic rings. The zero-order valence-electron chi connectivity index (χ0n) is 10.8. The summed E-state index contributed by atoms with van der Waals surface area (Å²) in [4.78, 5) is 0.177. The molecule has 0 aliphatic heterocycles. The van der Waals surface area contributed by atoms with Crippen LogP contribution in [0.3, 0.4) is 0 Å². The van der Waals surface area contributed by atoms with E-state index >= 15 is 0 Å². The molecular weight excluding hydrogens is 277 g/mol. The van der Waals surface area contributed by atoms with Crippen molar-refractivity contribution >= 4 is 10.8 Å². The van der Waals surface area contributed by atoms with Gasteiger partial charge >= 0.3 is 0 Å². The van der Waals surface area contributed by atoms with E-state index in [-0.39, 0.29) is 10.6 Å². The standard InChI is InChI=1S/C15H12FNO2S/c1-19-14-8-11(6-7-12(14)9-17)10-20(18)15-5-3-2-4-13(15)16/h2-8H,10H2,1H3. The Hall–Kier alpha value is -2.19. The average molecular weight is 289 g/mol. The Morgan fingerprint density at radius 1 is 1.30 bits per heavy atom. The van der Waals surface area contributed by atoms with E-state index < -0.39 is 16.6 Å². The van der Waals surface area contributed by atoms with Gasteiger partial charge in [0, 0.05) is 0 Å². The number of halogens is 1. The molecule has 0 fully saturated rings. The summed E-state index contributed by atoms with van der Waals surface area (Å²) in [5, 5.41) is 8.90. The van der Waals surface area contributed by atoms with Crippen molar-refractivity contribution in [2.24, 2.45) is 0 Å². The Morgan fingerprint density at radius 3 is 2.70 bits per heavy atom. The van der Waals surface area contributed by atoms with Crippen LogP contribution in [-0.4, -0.2) is 11.3 Å². The van der Waals surface area contributed by atoms with Crippen LogP contribution >= 0.6 is 0 Å². The lowest BCUT2D eigenvalue weighted by molar-refractivity contribution is 0.413. The number of rotatable bonds is 4. The van der Waals surface area contributed by atoms with Gasteiger partial charge in [-0.15, -0.1) is 0 Å². The lowest BCUT2D eigenvalue weighted by Crippen LogP contribution is -2.00. The van der Waals surface area contributed by atoms with Gasteiger partial charge in [0.15, 0.2) is 0 Å². The molecule has 1 atom stereocenters. The smallest absolute Gasteiger partial charge is 0.139 e. The van der Waals surface area contributed by atoms with Gasteiger partial charge in [-0.1, -0.05) is 18.2 Å². The first-order valence-corrected chi connectivity index (χ1v) is 7.17. The highest BCUT2D eigenvalue weighted by Crippen LogP contribution is 2.22. The van der Waals surface area contributed by atoms with Crippen molar-refractivity contribution in [3.63, 3.8) is 0 Å². The summed E-state index contributed by atoms with van der Waals surface area (Å²) >= 11 is 0. The molecular formula is C15H12FNO2S. The van der Waals surface area contributed by atoms with Gasteiger partial charge in [-0.05, 0) is 29.8 Å². The molecule has 0 aliphatic carbocycles. The minimum Gasteiger partial charge on any atom is -0.495 e. The van der Waals surface area contributed by atoms with Crippen LogP contribution in [0.5, 0.6) is 5.75 Å². The van der Waals surface area contributed by atoms with Crippen LogP contribution in [0.4, 0.5) is 4.39 Å². The van der Waals surface area contributed by atoms with E-state index in [9.17, 15) is 8.60 Å². The largest absolute Gasteiger partial charge is 0.495 e. The summed E-state index contributed by atoms with van der Waals surface area (Å²) in [6.45, 7) is 0. The molecule has 0 aromatic heterocycles. The number of nitrogens with zero attached hydrogens (tertiary/aromatic N) is 1. The van der Waals surface area contributed by atoms with Crippen molar-refractivity contribution < 1.29 is 13.3 Å². The van der Waals surface area contributed by atoms with Crippen molar-refractivity contribution in [2.45, 2.75) is 10.6 Å². The number of ether oxygens (including phenoxy) is 1. The molecule has 0 N–H and O–H groups in total. The second kappa shape index (κ2) is 6.31. The molecule has 0 amide bonds. The number of benzene rings is 2. The summed E-state index contributed by atoms with van der Waals surface area (Å²) in [7, 11) is -0.0122. The van der Waals surface area contributed by atoms with Crippen molar-refractivity contribution in [2.75, 3.05) is 7.11 Å². The number of hydrogen-bond donors (Lipinski definition) is 0. The number of hydrogen-bond acceptors (Lipinski definition) is 3. The second-order valence-corrected chi connectivity index (χ2v) is 5.49. The van der Waals surface area contributed by atoms with Crippen molar-refractivity contribution in [1.29, 1.82) is 5.26 Å². The maximum Gasteiger partial charge on any atom is 0.139 e. The van der Waals surface area contributed by atoms with Gasteiger partial charge in [0.2, 0.25) is 0 Å². The molecule has 2 aromatic rings. The van der Waals surface area contributed by atoms with Gasteiger partial charge in [-0.25, -0.2) is 4.39 Å². The monoisotopic (exact) mass is 289 g/mol. The van der Waals surface area contributed by atoms with Crippen LogP contribution in [-0.2, 0) is 16.6 Å². The van der Waals surface area contributed by atoms with Crippen LogP contribution in [0.1, 0.15) is 11.1 Å². The van der Waals surface area contributed by atoms with Crippen LogP contribution in [0.2, 0.25) is 0 Å². The first kappa shape index (κ1) is 14.2. The molecule has 20 heavy (non-hydrogen) atoms. The molecule has 0 saturated heterocycles. The highest BCUT2D eigenvalue weighted by molar-refractivity contribution is 7.84. The topological polar surface area (TPSA) is 50.1 Å². The van der Waals surface area contributed by atoms with Gasteiger partial charge in [-0.2, -0.15) is 5.26 Å². The van der Waals surface area contributed by atoms with Crippen LogP contribution in [0, 0.1) is 17.1 Å². The van der Waals surface area contributed by atoms with E-state index in [0.29, 0.717) is 11.3 Å². The fraction of sp³-hybridized carbons (Fsp3) is 0.133. The lowest BCUT2D eigenvalue weighted by atomic mass is 10.1. The molecule has 2 rings (SSSR count). The first-order chi connectivity index (χ1) is 9.65. The maximum absolute atomic E-state index is 13.5. The predicted molar refractivity (Wildman–Crippen MR) is 74.2 cm³/mol. The minimum atomic E-state index is -1.48. The van der Waals surface area contributed by atoms with Gasteiger partial charge in [-0.3, -0.25) is 4.21 Å². The molecule has 5 heteroatoms. The van der Waals surface area contributed by atoms with Gasteiger partial charge < -0.3 is 4.74 Å². The summed E-state index contributed by atoms with van der Waals surface area (Å²) in [5.41, 5.74) is 1.13. The SMILES string of the molecule is COc1cc(CS(=O)c2ccccc2F)ccc1C#N. The molecule has 102 valence electrons. The summed E-state index contributed by atoms with van der Waals surface area (Å²) in [5.74, 6) is 0.116.